The van der Waals surface area contributed by atoms with Crippen LogP contribution in [0, 0.1) is 0 Å². The molecule has 0 bridgehead atoms. The van der Waals surface area contributed by atoms with Crippen LogP contribution in [-0.4, -0.2) is 27.6 Å². The van der Waals surface area contributed by atoms with Gasteiger partial charge in [-0.25, -0.2) is 4.79 Å². The van der Waals surface area contributed by atoms with Gasteiger partial charge in [0.2, 0.25) is 0 Å². The molecule has 0 saturated heterocycles. The fourth-order valence-electron chi connectivity index (χ4n) is 3.64. The zero-order valence-corrected chi connectivity index (χ0v) is 16.7. The van der Waals surface area contributed by atoms with E-state index < -0.39 is 12.1 Å². The second-order valence-corrected chi connectivity index (χ2v) is 7.45. The molecule has 3 aromatic rings. The molecule has 4 rings (SSSR count). The number of carbonyl (C=O) groups excluding carboxylic acids is 2. The standard InChI is InChI=1S/C25H24N2O3/c28-22-13-7-8-14-23(22)30-24(29)16-15-21-18-27(17-19-9-3-1-4-10-19)26-25(21)20-11-5-2-6-12-20/h1-6,9-12,15-16,18,23H,7-8,13-14,17H2/b16-15+. The van der Waals surface area contributed by atoms with Gasteiger partial charge < -0.3 is 4.74 Å². The molecule has 0 N–H and O–H groups in total. The van der Waals surface area contributed by atoms with Crippen molar-refractivity contribution in [3.8, 4) is 11.3 Å². The van der Waals surface area contributed by atoms with E-state index in [2.05, 4.69) is 12.1 Å². The van der Waals surface area contributed by atoms with Crippen molar-refractivity contribution in [3.63, 3.8) is 0 Å². The van der Waals surface area contributed by atoms with Crippen molar-refractivity contribution in [3.05, 3.63) is 84.1 Å². The number of benzene rings is 2. The Morgan fingerprint density at radius 2 is 1.80 bits per heavy atom. The fraction of sp³-hybridized carbons (Fsp3) is 0.240. The lowest BCUT2D eigenvalue weighted by molar-refractivity contribution is -0.152. The summed E-state index contributed by atoms with van der Waals surface area (Å²) in [6.07, 6.45) is 7.32. The van der Waals surface area contributed by atoms with Crippen molar-refractivity contribution in [2.45, 2.75) is 38.3 Å². The summed E-state index contributed by atoms with van der Waals surface area (Å²) in [7, 11) is 0. The SMILES string of the molecule is O=C(/C=C/c1cn(Cc2ccccc2)nc1-c1ccccc1)OC1CCCCC1=O. The number of hydrogen-bond acceptors (Lipinski definition) is 4. The minimum Gasteiger partial charge on any atom is -0.451 e. The first-order valence-electron chi connectivity index (χ1n) is 10.3. The molecule has 0 amide bonds. The maximum Gasteiger partial charge on any atom is 0.331 e. The van der Waals surface area contributed by atoms with Crippen LogP contribution in [0.25, 0.3) is 17.3 Å². The predicted molar refractivity (Wildman–Crippen MR) is 116 cm³/mol. The number of esters is 1. The third-order valence-electron chi connectivity index (χ3n) is 5.18. The normalized spacial score (nSPS) is 16.7. The zero-order valence-electron chi connectivity index (χ0n) is 16.7. The van der Waals surface area contributed by atoms with E-state index in [9.17, 15) is 9.59 Å². The summed E-state index contributed by atoms with van der Waals surface area (Å²) in [4.78, 5) is 24.2. The van der Waals surface area contributed by atoms with Gasteiger partial charge in [0.15, 0.2) is 11.9 Å². The van der Waals surface area contributed by atoms with Crippen LogP contribution in [0.2, 0.25) is 0 Å². The lowest BCUT2D eigenvalue weighted by Gasteiger charge is -2.19. The van der Waals surface area contributed by atoms with Crippen molar-refractivity contribution >= 4 is 17.8 Å². The van der Waals surface area contributed by atoms with E-state index in [-0.39, 0.29) is 5.78 Å². The zero-order chi connectivity index (χ0) is 20.8. The Labute approximate surface area is 176 Å². The molecule has 152 valence electrons. The smallest absolute Gasteiger partial charge is 0.331 e. The molecule has 0 spiro atoms. The molecule has 1 aliphatic rings. The highest BCUT2D eigenvalue weighted by molar-refractivity contribution is 5.92. The Hall–Kier alpha value is -3.47. The molecule has 1 fully saturated rings. The van der Waals surface area contributed by atoms with E-state index in [0.717, 1.165) is 35.2 Å². The number of hydrogen-bond donors (Lipinski definition) is 0. The van der Waals surface area contributed by atoms with Gasteiger partial charge in [0.1, 0.15) is 0 Å². The first kappa shape index (κ1) is 19.8. The van der Waals surface area contributed by atoms with Crippen LogP contribution in [-0.2, 0) is 20.9 Å². The highest BCUT2D eigenvalue weighted by Gasteiger charge is 2.25. The predicted octanol–water partition coefficient (Wildman–Crippen LogP) is 4.67. The van der Waals surface area contributed by atoms with Crippen LogP contribution < -0.4 is 0 Å². The summed E-state index contributed by atoms with van der Waals surface area (Å²) in [5.74, 6) is -0.478. The molecule has 0 radical (unpaired) electrons. The summed E-state index contributed by atoms with van der Waals surface area (Å²) < 4.78 is 7.24. The average molecular weight is 400 g/mol. The van der Waals surface area contributed by atoms with E-state index in [0.29, 0.717) is 19.4 Å². The summed E-state index contributed by atoms with van der Waals surface area (Å²) in [6.45, 7) is 0.634. The molecule has 5 heteroatoms. The number of carbonyl (C=O) groups is 2. The van der Waals surface area contributed by atoms with E-state index in [1.54, 1.807) is 6.08 Å². The van der Waals surface area contributed by atoms with Gasteiger partial charge in [-0.15, -0.1) is 0 Å². The Bertz CT molecular complexity index is 1040. The average Bonchev–Trinajstić information content (AvgIpc) is 3.18. The monoisotopic (exact) mass is 400 g/mol. The Balaban J connectivity index is 1.55. The Morgan fingerprint density at radius 3 is 2.53 bits per heavy atom. The van der Waals surface area contributed by atoms with E-state index in [4.69, 9.17) is 9.84 Å². The summed E-state index contributed by atoms with van der Waals surface area (Å²) in [5, 5.41) is 4.74. The van der Waals surface area contributed by atoms with Gasteiger partial charge in [0.25, 0.3) is 0 Å². The van der Waals surface area contributed by atoms with Gasteiger partial charge in [0.05, 0.1) is 12.2 Å². The molecule has 1 heterocycles. The summed E-state index contributed by atoms with van der Waals surface area (Å²) >= 11 is 0. The summed E-state index contributed by atoms with van der Waals surface area (Å²) in [5.41, 5.74) is 3.73. The number of aromatic nitrogens is 2. The maximum absolute atomic E-state index is 12.3. The number of ketones is 1. The molecule has 5 nitrogen and oxygen atoms in total. The third kappa shape index (κ3) is 4.92. The highest BCUT2D eigenvalue weighted by Crippen LogP contribution is 2.24. The number of ether oxygens (including phenoxy) is 1. The molecular weight excluding hydrogens is 376 g/mol. The maximum atomic E-state index is 12.3. The van der Waals surface area contributed by atoms with Crippen LogP contribution in [0.4, 0.5) is 0 Å². The second-order valence-electron chi connectivity index (χ2n) is 7.45. The molecule has 1 unspecified atom stereocenters. The number of rotatable bonds is 6. The van der Waals surface area contributed by atoms with E-state index in [1.165, 1.54) is 6.08 Å². The van der Waals surface area contributed by atoms with Crippen LogP contribution in [0.5, 0.6) is 0 Å². The minimum atomic E-state index is -0.606. The molecule has 0 aliphatic heterocycles. The first-order chi connectivity index (χ1) is 14.7. The first-order valence-corrected chi connectivity index (χ1v) is 10.3. The third-order valence-corrected chi connectivity index (χ3v) is 5.18. The Kier molecular flexibility index (Phi) is 6.18. The molecule has 1 aliphatic carbocycles. The van der Waals surface area contributed by atoms with Gasteiger partial charge in [-0.3, -0.25) is 9.48 Å². The molecule has 1 saturated carbocycles. The quantitative estimate of drug-likeness (QED) is 0.446. The van der Waals surface area contributed by atoms with Gasteiger partial charge in [-0.1, -0.05) is 60.7 Å². The van der Waals surface area contributed by atoms with E-state index >= 15 is 0 Å². The Morgan fingerprint density at radius 1 is 1.07 bits per heavy atom. The van der Waals surface area contributed by atoms with Crippen molar-refractivity contribution in [1.82, 2.24) is 9.78 Å². The lowest BCUT2D eigenvalue weighted by atomic mass is 9.96. The minimum absolute atomic E-state index is 0.0173. The molecule has 30 heavy (non-hydrogen) atoms. The van der Waals surface area contributed by atoms with Gasteiger partial charge in [-0.05, 0) is 30.9 Å². The number of nitrogens with zero attached hydrogens (tertiary/aromatic N) is 2. The van der Waals surface area contributed by atoms with Crippen molar-refractivity contribution in [2.75, 3.05) is 0 Å². The molecular formula is C25H24N2O3. The van der Waals surface area contributed by atoms with Crippen molar-refractivity contribution in [2.24, 2.45) is 0 Å². The topological polar surface area (TPSA) is 61.2 Å². The van der Waals surface area contributed by atoms with Gasteiger partial charge in [-0.2, -0.15) is 5.10 Å². The van der Waals surface area contributed by atoms with Crippen molar-refractivity contribution in [1.29, 1.82) is 0 Å². The van der Waals surface area contributed by atoms with Crippen LogP contribution in [0.3, 0.4) is 0 Å². The number of Topliss-reactive ketones (excluding diaryl/α,β-unsaturated/α-hetero) is 1. The second kappa shape index (κ2) is 9.35. The van der Waals surface area contributed by atoms with Crippen LogP contribution >= 0.6 is 0 Å². The van der Waals surface area contributed by atoms with Crippen LogP contribution in [0.15, 0.2) is 72.9 Å². The van der Waals surface area contributed by atoms with Gasteiger partial charge in [0, 0.05) is 29.8 Å². The molecule has 2 aromatic carbocycles. The highest BCUT2D eigenvalue weighted by atomic mass is 16.5. The van der Waals surface area contributed by atoms with E-state index in [1.807, 2.05) is 59.4 Å². The largest absolute Gasteiger partial charge is 0.451 e. The van der Waals surface area contributed by atoms with Gasteiger partial charge >= 0.3 is 5.97 Å². The fourth-order valence-corrected chi connectivity index (χ4v) is 3.64. The van der Waals surface area contributed by atoms with Crippen LogP contribution in [0.1, 0.15) is 36.8 Å². The summed E-state index contributed by atoms with van der Waals surface area (Å²) in [6, 6.07) is 20.0. The lowest BCUT2D eigenvalue weighted by Crippen LogP contribution is -2.29. The molecule has 1 atom stereocenters. The van der Waals surface area contributed by atoms with Crippen molar-refractivity contribution < 1.29 is 14.3 Å². The molecule has 1 aromatic heterocycles.